The summed E-state index contributed by atoms with van der Waals surface area (Å²) in [5.41, 5.74) is 0.498. The van der Waals surface area contributed by atoms with Crippen LogP contribution in [0.4, 0.5) is 0 Å². The minimum absolute atomic E-state index is 0.00194. The van der Waals surface area contributed by atoms with Gasteiger partial charge in [-0.3, -0.25) is 9.59 Å². The third kappa shape index (κ3) is 4.45. The lowest BCUT2D eigenvalue weighted by molar-refractivity contribution is -0.118. The lowest BCUT2D eigenvalue weighted by Crippen LogP contribution is -2.27. The minimum Gasteiger partial charge on any atom is -0.358 e. The molecule has 5 nitrogen and oxygen atoms in total. The number of unbranched alkanes of at least 4 members (excludes halogenated alkanes) is 1. The van der Waals surface area contributed by atoms with E-state index in [1.54, 1.807) is 0 Å². The highest BCUT2D eigenvalue weighted by Crippen LogP contribution is 2.14. The van der Waals surface area contributed by atoms with Crippen LogP contribution in [-0.4, -0.2) is 32.9 Å². The fourth-order valence-electron chi connectivity index (χ4n) is 1.66. The van der Waals surface area contributed by atoms with Crippen LogP contribution in [0.1, 0.15) is 36.5 Å². The molecule has 20 heavy (non-hydrogen) atoms. The molecule has 0 aliphatic rings. The second-order valence-electron chi connectivity index (χ2n) is 4.48. The molecule has 110 valence electrons. The van der Waals surface area contributed by atoms with Gasteiger partial charge < -0.3 is 5.32 Å². The van der Waals surface area contributed by atoms with E-state index in [9.17, 15) is 18.0 Å². The quantitative estimate of drug-likeness (QED) is 0.775. The number of carbonyl (C=O) groups is 2. The molecule has 0 fully saturated rings. The van der Waals surface area contributed by atoms with Gasteiger partial charge in [-0.15, -0.1) is 0 Å². The number of nitrogens with one attached hydrogen (secondary N) is 1. The van der Waals surface area contributed by atoms with Crippen molar-refractivity contribution in [3.8, 4) is 0 Å². The van der Waals surface area contributed by atoms with E-state index < -0.39 is 21.5 Å². The van der Waals surface area contributed by atoms with E-state index in [1.807, 2.05) is 6.92 Å². The molecule has 0 aliphatic carbocycles. The number of hydrogen-bond donors (Lipinski definition) is 1. The maximum absolute atomic E-state index is 11.9. The fourth-order valence-corrected chi connectivity index (χ4v) is 2.86. The van der Waals surface area contributed by atoms with Crippen LogP contribution >= 0.6 is 0 Å². The molecule has 0 aliphatic heterocycles. The molecule has 0 unspecified atom stereocenters. The van der Waals surface area contributed by atoms with Crippen molar-refractivity contribution in [1.29, 1.82) is 0 Å². The van der Waals surface area contributed by atoms with Crippen molar-refractivity contribution in [3.63, 3.8) is 0 Å². The number of carbonyl (C=O) groups excluding carboxylic acids is 2. The first-order chi connectivity index (χ1) is 9.40. The van der Waals surface area contributed by atoms with Crippen molar-refractivity contribution < 1.29 is 18.0 Å². The summed E-state index contributed by atoms with van der Waals surface area (Å²) in [6, 6.07) is 5.73. The SMILES string of the molecule is CCCCC(=O)c1ccc(S(=O)(=O)CC(=O)NC)cc1. The van der Waals surface area contributed by atoms with Crippen LogP contribution in [0, 0.1) is 0 Å². The molecule has 1 N–H and O–H groups in total. The molecule has 0 saturated heterocycles. The van der Waals surface area contributed by atoms with E-state index in [0.29, 0.717) is 12.0 Å². The molecule has 0 spiro atoms. The molecule has 1 aromatic carbocycles. The van der Waals surface area contributed by atoms with Crippen LogP contribution in [0.25, 0.3) is 0 Å². The summed E-state index contributed by atoms with van der Waals surface area (Å²) in [6.07, 6.45) is 2.21. The zero-order valence-corrected chi connectivity index (χ0v) is 12.5. The number of sulfone groups is 1. The van der Waals surface area contributed by atoms with Crippen LogP contribution in [0.5, 0.6) is 0 Å². The first-order valence-electron chi connectivity index (χ1n) is 6.47. The minimum atomic E-state index is -3.65. The van der Waals surface area contributed by atoms with Gasteiger partial charge in [-0.25, -0.2) is 8.42 Å². The summed E-state index contributed by atoms with van der Waals surface area (Å²) < 4.78 is 23.8. The second-order valence-corrected chi connectivity index (χ2v) is 6.47. The lowest BCUT2D eigenvalue weighted by Gasteiger charge is -2.05. The Labute approximate surface area is 119 Å². The summed E-state index contributed by atoms with van der Waals surface area (Å²) in [5.74, 6) is -1.15. The summed E-state index contributed by atoms with van der Waals surface area (Å²) in [6.45, 7) is 2.00. The first-order valence-corrected chi connectivity index (χ1v) is 8.12. The Hall–Kier alpha value is -1.69. The largest absolute Gasteiger partial charge is 0.358 e. The third-order valence-electron chi connectivity index (χ3n) is 2.89. The van der Waals surface area contributed by atoms with Crippen LogP contribution in [0.2, 0.25) is 0 Å². The van der Waals surface area contributed by atoms with E-state index in [-0.39, 0.29) is 10.7 Å². The number of benzene rings is 1. The number of rotatable bonds is 7. The van der Waals surface area contributed by atoms with Crippen molar-refractivity contribution in [2.75, 3.05) is 12.8 Å². The molecule has 0 bridgehead atoms. The zero-order valence-electron chi connectivity index (χ0n) is 11.7. The standard InChI is InChI=1S/C14H19NO4S/c1-3-4-5-13(16)11-6-8-12(9-7-11)20(18,19)10-14(17)15-2/h6-9H,3-5,10H2,1-2H3,(H,15,17). The van der Waals surface area contributed by atoms with Crippen molar-refractivity contribution in [2.24, 2.45) is 0 Å². The fraction of sp³-hybridized carbons (Fsp3) is 0.429. The summed E-state index contributed by atoms with van der Waals surface area (Å²) in [5, 5.41) is 2.27. The Bertz CT molecular complexity index is 576. The highest BCUT2D eigenvalue weighted by atomic mass is 32.2. The first kappa shape index (κ1) is 16.4. The third-order valence-corrected chi connectivity index (χ3v) is 4.53. The molecule has 0 radical (unpaired) electrons. The predicted molar refractivity (Wildman–Crippen MR) is 76.4 cm³/mol. The number of ketones is 1. The van der Waals surface area contributed by atoms with Crippen molar-refractivity contribution in [3.05, 3.63) is 29.8 Å². The van der Waals surface area contributed by atoms with Crippen molar-refractivity contribution >= 4 is 21.5 Å². The van der Waals surface area contributed by atoms with E-state index in [2.05, 4.69) is 5.32 Å². The highest BCUT2D eigenvalue weighted by Gasteiger charge is 2.18. The van der Waals surface area contributed by atoms with Gasteiger partial charge in [-0.1, -0.05) is 25.5 Å². The van der Waals surface area contributed by atoms with Crippen LogP contribution in [0.3, 0.4) is 0 Å². The zero-order chi connectivity index (χ0) is 15.2. The number of amides is 1. The average Bonchev–Trinajstić information content (AvgIpc) is 2.44. The summed E-state index contributed by atoms with van der Waals surface area (Å²) in [4.78, 5) is 23.0. The molecule has 1 rings (SSSR count). The maximum atomic E-state index is 11.9. The number of hydrogen-bond acceptors (Lipinski definition) is 4. The Morgan fingerprint density at radius 3 is 2.25 bits per heavy atom. The van der Waals surface area contributed by atoms with Crippen molar-refractivity contribution in [2.45, 2.75) is 31.1 Å². The Morgan fingerprint density at radius 2 is 1.75 bits per heavy atom. The van der Waals surface area contributed by atoms with Gasteiger partial charge in [0.2, 0.25) is 5.91 Å². The molecule has 0 atom stereocenters. The number of Topliss-reactive ketones (excluding diaryl/α,β-unsaturated/α-hetero) is 1. The second kappa shape index (κ2) is 7.19. The predicted octanol–water partition coefficient (Wildman–Crippen LogP) is 1.58. The highest BCUT2D eigenvalue weighted by molar-refractivity contribution is 7.92. The molecule has 1 aromatic rings. The average molecular weight is 297 g/mol. The maximum Gasteiger partial charge on any atom is 0.235 e. The van der Waals surface area contributed by atoms with E-state index in [0.717, 1.165) is 12.8 Å². The van der Waals surface area contributed by atoms with Gasteiger partial charge in [0.05, 0.1) is 4.90 Å². The molecular formula is C14H19NO4S. The van der Waals surface area contributed by atoms with Crippen LogP contribution in [-0.2, 0) is 14.6 Å². The van der Waals surface area contributed by atoms with E-state index >= 15 is 0 Å². The van der Waals surface area contributed by atoms with Gasteiger partial charge >= 0.3 is 0 Å². The van der Waals surface area contributed by atoms with Crippen molar-refractivity contribution in [1.82, 2.24) is 5.32 Å². The van der Waals surface area contributed by atoms with Gasteiger partial charge in [0.25, 0.3) is 0 Å². The Balaban J connectivity index is 2.85. The molecule has 0 aromatic heterocycles. The van der Waals surface area contributed by atoms with Gasteiger partial charge in [-0.05, 0) is 18.6 Å². The van der Waals surface area contributed by atoms with E-state index in [4.69, 9.17) is 0 Å². The van der Waals surface area contributed by atoms with Crippen LogP contribution in [0.15, 0.2) is 29.2 Å². The Kier molecular flexibility index (Phi) is 5.88. The summed E-state index contributed by atoms with van der Waals surface area (Å²) >= 11 is 0. The molecule has 0 heterocycles. The van der Waals surface area contributed by atoms with E-state index in [1.165, 1.54) is 31.3 Å². The Morgan fingerprint density at radius 1 is 1.15 bits per heavy atom. The monoisotopic (exact) mass is 297 g/mol. The molecule has 1 amide bonds. The topological polar surface area (TPSA) is 80.3 Å². The lowest BCUT2D eigenvalue weighted by atomic mass is 10.1. The van der Waals surface area contributed by atoms with Gasteiger partial charge in [0.1, 0.15) is 5.75 Å². The van der Waals surface area contributed by atoms with Crippen LogP contribution < -0.4 is 5.32 Å². The van der Waals surface area contributed by atoms with Gasteiger partial charge in [0, 0.05) is 19.0 Å². The summed E-state index contributed by atoms with van der Waals surface area (Å²) in [7, 11) is -2.27. The molecular weight excluding hydrogens is 278 g/mol. The van der Waals surface area contributed by atoms with Gasteiger partial charge in [0.15, 0.2) is 15.6 Å². The smallest absolute Gasteiger partial charge is 0.235 e. The normalized spacial score (nSPS) is 11.1. The molecule has 0 saturated carbocycles. The van der Waals surface area contributed by atoms with Gasteiger partial charge in [-0.2, -0.15) is 0 Å². The molecule has 6 heteroatoms.